The normalized spacial score (nSPS) is 15.9. The molecule has 0 aromatic heterocycles. The van der Waals surface area contributed by atoms with E-state index in [2.05, 4.69) is 18.7 Å². The molecule has 2 atom stereocenters. The summed E-state index contributed by atoms with van der Waals surface area (Å²) < 4.78 is 33.0. The lowest BCUT2D eigenvalue weighted by Gasteiger charge is -2.26. The molecule has 0 amide bonds. The number of likely N-dealkylation sites (N-methyl/N-ethyl adjacent to an activating group) is 1. The number of aliphatic carboxylic acids is 2. The average Bonchev–Trinajstić information content (AvgIpc) is 3.22. The van der Waals surface area contributed by atoms with Crippen LogP contribution in [-0.4, -0.2) is 134 Å². The molecular formula is C44H76N2O14. The quantitative estimate of drug-likeness (QED) is 0.0478. The van der Waals surface area contributed by atoms with Crippen LogP contribution in [0.1, 0.15) is 155 Å². The van der Waals surface area contributed by atoms with E-state index in [9.17, 15) is 28.8 Å². The molecule has 16 heteroatoms. The number of esters is 2. The van der Waals surface area contributed by atoms with Gasteiger partial charge in [0.2, 0.25) is 0 Å². The third-order valence-corrected chi connectivity index (χ3v) is 11.5. The van der Waals surface area contributed by atoms with Crippen LogP contribution in [0.25, 0.3) is 0 Å². The van der Waals surface area contributed by atoms with Crippen molar-refractivity contribution in [3.05, 3.63) is 0 Å². The molecule has 2 N–H and O–H groups in total. The minimum Gasteiger partial charge on any atom is -0.481 e. The number of hydrogen-bond acceptors (Lipinski definition) is 14. The fourth-order valence-corrected chi connectivity index (χ4v) is 7.72. The fourth-order valence-electron chi connectivity index (χ4n) is 7.72. The van der Waals surface area contributed by atoms with Gasteiger partial charge in [0, 0.05) is 51.9 Å². The third kappa shape index (κ3) is 27.2. The molecule has 346 valence electrons. The van der Waals surface area contributed by atoms with E-state index in [1.807, 2.05) is 4.90 Å². The van der Waals surface area contributed by atoms with E-state index in [0.29, 0.717) is 96.1 Å². The predicted molar refractivity (Wildman–Crippen MR) is 222 cm³/mol. The zero-order valence-corrected chi connectivity index (χ0v) is 36.6. The summed E-state index contributed by atoms with van der Waals surface area (Å²) >= 11 is 0. The standard InChI is InChI=1S/C44H76N2O14/c1-3-45(4-2)27-28-46(29-31-55-43(53)59-37(19-11-23-39(47)48)21-13-25-41(51)57-33-35-15-7-5-8-16-35)30-32-56-44(54)60-38(20-12-24-40(49)50)22-14-26-42(52)58-34-36-17-9-6-10-18-36/h35-38H,3-34H2,1-2H3,(H,47,48)(H,49,50). The Morgan fingerprint density at radius 2 is 0.867 bits per heavy atom. The number of ether oxygens (including phenoxy) is 6. The van der Waals surface area contributed by atoms with Gasteiger partial charge in [-0.1, -0.05) is 52.4 Å². The molecule has 0 aromatic rings. The van der Waals surface area contributed by atoms with Crippen LogP contribution in [-0.2, 0) is 47.6 Å². The summed E-state index contributed by atoms with van der Waals surface area (Å²) in [5.41, 5.74) is 0. The summed E-state index contributed by atoms with van der Waals surface area (Å²) in [5.74, 6) is -1.64. The van der Waals surface area contributed by atoms with E-state index in [-0.39, 0.29) is 50.8 Å². The summed E-state index contributed by atoms with van der Waals surface area (Å²) in [6.07, 6.45) is 11.4. The molecule has 2 aliphatic carbocycles. The van der Waals surface area contributed by atoms with Gasteiger partial charge < -0.3 is 43.5 Å². The van der Waals surface area contributed by atoms with Gasteiger partial charge in [0.05, 0.1) is 13.2 Å². The Labute approximate surface area is 357 Å². The molecule has 2 aliphatic rings. The average molecular weight is 857 g/mol. The molecule has 0 aromatic carbocycles. The van der Waals surface area contributed by atoms with Gasteiger partial charge in [-0.2, -0.15) is 0 Å². The topological polar surface area (TPSA) is 205 Å². The van der Waals surface area contributed by atoms with Gasteiger partial charge in [0.15, 0.2) is 0 Å². The van der Waals surface area contributed by atoms with E-state index < -0.39 is 36.5 Å². The molecule has 2 unspecified atom stereocenters. The van der Waals surface area contributed by atoms with Gasteiger partial charge in [-0.3, -0.25) is 24.1 Å². The van der Waals surface area contributed by atoms with Crippen LogP contribution in [0.4, 0.5) is 9.59 Å². The molecule has 0 aliphatic heterocycles. The molecule has 0 saturated heterocycles. The lowest BCUT2D eigenvalue weighted by Crippen LogP contribution is -2.39. The zero-order chi connectivity index (χ0) is 43.8. The van der Waals surface area contributed by atoms with E-state index in [1.54, 1.807) is 0 Å². The van der Waals surface area contributed by atoms with Gasteiger partial charge in [-0.05, 0) is 102 Å². The van der Waals surface area contributed by atoms with Crippen molar-refractivity contribution in [3.8, 4) is 0 Å². The number of rotatable bonds is 33. The van der Waals surface area contributed by atoms with Crippen molar-refractivity contribution in [2.75, 3.05) is 65.7 Å². The van der Waals surface area contributed by atoms with Crippen LogP contribution in [0.3, 0.4) is 0 Å². The van der Waals surface area contributed by atoms with Crippen molar-refractivity contribution < 1.29 is 67.4 Å². The molecular weight excluding hydrogens is 780 g/mol. The molecule has 2 saturated carbocycles. The first-order valence-electron chi connectivity index (χ1n) is 22.8. The molecule has 0 heterocycles. The van der Waals surface area contributed by atoms with Crippen molar-refractivity contribution in [2.24, 2.45) is 11.8 Å². The summed E-state index contributed by atoms with van der Waals surface area (Å²) in [6.45, 7) is 8.63. The van der Waals surface area contributed by atoms with Crippen molar-refractivity contribution in [2.45, 2.75) is 167 Å². The second kappa shape index (κ2) is 33.0. The zero-order valence-electron chi connectivity index (χ0n) is 36.6. The molecule has 60 heavy (non-hydrogen) atoms. The van der Waals surface area contributed by atoms with Gasteiger partial charge in [-0.25, -0.2) is 9.59 Å². The van der Waals surface area contributed by atoms with E-state index in [0.717, 1.165) is 71.0 Å². The molecule has 16 nitrogen and oxygen atoms in total. The highest BCUT2D eigenvalue weighted by molar-refractivity contribution is 5.69. The van der Waals surface area contributed by atoms with Gasteiger partial charge in [-0.15, -0.1) is 0 Å². The van der Waals surface area contributed by atoms with Crippen LogP contribution < -0.4 is 0 Å². The Bertz CT molecular complexity index is 1140. The van der Waals surface area contributed by atoms with Crippen LogP contribution >= 0.6 is 0 Å². The molecule has 0 spiro atoms. The highest BCUT2D eigenvalue weighted by Crippen LogP contribution is 2.25. The van der Waals surface area contributed by atoms with Crippen LogP contribution in [0.5, 0.6) is 0 Å². The van der Waals surface area contributed by atoms with Crippen molar-refractivity contribution in [3.63, 3.8) is 0 Å². The minimum atomic E-state index is -0.946. The summed E-state index contributed by atoms with van der Waals surface area (Å²) in [6, 6.07) is 0. The van der Waals surface area contributed by atoms with Crippen molar-refractivity contribution in [1.29, 1.82) is 0 Å². The Morgan fingerprint density at radius 1 is 0.500 bits per heavy atom. The SMILES string of the molecule is CCN(CC)CCN(CCOC(=O)OC(CCCC(=O)O)CCCC(=O)OCC1CCCCC1)CCOC(=O)OC(CCCC(=O)O)CCCC(=O)OCC1CCCCC1. The summed E-state index contributed by atoms with van der Waals surface area (Å²) in [5, 5.41) is 18.2. The second-order valence-electron chi connectivity index (χ2n) is 16.3. The maximum atomic E-state index is 12.8. The van der Waals surface area contributed by atoms with Crippen LogP contribution in [0.2, 0.25) is 0 Å². The number of carbonyl (C=O) groups is 6. The van der Waals surface area contributed by atoms with Crippen molar-refractivity contribution in [1.82, 2.24) is 9.80 Å². The number of carboxylic acid groups (broad SMARTS) is 2. The highest BCUT2D eigenvalue weighted by Gasteiger charge is 2.22. The first kappa shape index (κ1) is 52.5. The third-order valence-electron chi connectivity index (χ3n) is 11.5. The lowest BCUT2D eigenvalue weighted by atomic mass is 9.90. The molecule has 0 radical (unpaired) electrons. The largest absolute Gasteiger partial charge is 0.508 e. The van der Waals surface area contributed by atoms with Crippen molar-refractivity contribution >= 4 is 36.2 Å². The Kier molecular flexibility index (Phi) is 28.9. The number of carbonyl (C=O) groups excluding carboxylic acids is 4. The molecule has 2 rings (SSSR count). The summed E-state index contributed by atoms with van der Waals surface area (Å²) in [4.78, 5) is 76.7. The Morgan fingerprint density at radius 3 is 1.23 bits per heavy atom. The van der Waals surface area contributed by atoms with Crippen LogP contribution in [0, 0.1) is 11.8 Å². The Hall–Kier alpha value is -3.66. The van der Waals surface area contributed by atoms with E-state index >= 15 is 0 Å². The monoisotopic (exact) mass is 857 g/mol. The second-order valence-corrected chi connectivity index (χ2v) is 16.3. The van der Waals surface area contributed by atoms with E-state index in [4.69, 9.17) is 38.6 Å². The number of hydrogen-bond donors (Lipinski definition) is 2. The smallest absolute Gasteiger partial charge is 0.481 e. The highest BCUT2D eigenvalue weighted by atomic mass is 16.7. The minimum absolute atomic E-state index is 0.00832. The maximum absolute atomic E-state index is 12.8. The number of carboxylic acids is 2. The first-order chi connectivity index (χ1) is 29.0. The molecule has 0 bridgehead atoms. The Balaban J connectivity index is 1.83. The fraction of sp³-hybridized carbons (Fsp3) is 0.864. The van der Waals surface area contributed by atoms with Gasteiger partial charge in [0.1, 0.15) is 25.4 Å². The predicted octanol–water partition coefficient (Wildman–Crippen LogP) is 7.77. The summed E-state index contributed by atoms with van der Waals surface area (Å²) in [7, 11) is 0. The first-order valence-corrected chi connectivity index (χ1v) is 22.8. The molecule has 2 fully saturated rings. The number of nitrogens with zero attached hydrogens (tertiary/aromatic N) is 2. The van der Waals surface area contributed by atoms with E-state index in [1.165, 1.54) is 12.8 Å². The van der Waals surface area contributed by atoms with Crippen LogP contribution in [0.15, 0.2) is 0 Å². The van der Waals surface area contributed by atoms with Gasteiger partial charge >= 0.3 is 36.2 Å². The maximum Gasteiger partial charge on any atom is 0.508 e. The lowest BCUT2D eigenvalue weighted by molar-refractivity contribution is -0.146. The van der Waals surface area contributed by atoms with Gasteiger partial charge in [0.25, 0.3) is 0 Å².